The Hall–Kier alpha value is -1.97. The Balaban J connectivity index is 2.91. The van der Waals surface area contributed by atoms with Gasteiger partial charge in [-0.3, -0.25) is 4.98 Å². The summed E-state index contributed by atoms with van der Waals surface area (Å²) in [6, 6.07) is 3.55. The minimum absolute atomic E-state index is 0.0631. The van der Waals surface area contributed by atoms with Crippen LogP contribution in [0, 0.1) is 6.92 Å². The predicted octanol–water partition coefficient (Wildman–Crippen LogP) is 1.64. The van der Waals surface area contributed by atoms with E-state index in [0.29, 0.717) is 11.1 Å². The maximum atomic E-state index is 10.9. The van der Waals surface area contributed by atoms with Crippen LogP contribution in [0.4, 0.5) is 0 Å². The lowest BCUT2D eigenvalue weighted by Gasteiger charge is -2.03. The largest absolute Gasteiger partial charge is 0.476 e. The highest BCUT2D eigenvalue weighted by Crippen LogP contribution is 2.18. The Kier molecular flexibility index (Phi) is 1.89. The molecule has 2 aromatic heterocycles. The molecule has 4 heteroatoms. The first kappa shape index (κ1) is 8.62. The number of pyridine rings is 2. The number of aromatic carboxylic acids is 1. The summed E-state index contributed by atoms with van der Waals surface area (Å²) in [5.41, 5.74) is 0.751. The minimum atomic E-state index is -1.02. The number of fused-ring (bicyclic) bond motifs is 1. The summed E-state index contributed by atoms with van der Waals surface area (Å²) in [5.74, 6) is -1.02. The molecule has 0 amide bonds. The highest BCUT2D eigenvalue weighted by Gasteiger charge is 2.11. The molecule has 0 radical (unpaired) electrons. The number of rotatable bonds is 1. The number of carboxylic acids is 1. The molecular formula is C10H8N2O2. The first-order chi connectivity index (χ1) is 6.70. The van der Waals surface area contributed by atoms with Crippen LogP contribution in [0.15, 0.2) is 24.5 Å². The Morgan fingerprint density at radius 1 is 1.29 bits per heavy atom. The average Bonchev–Trinajstić information content (AvgIpc) is 2.17. The third-order valence-electron chi connectivity index (χ3n) is 2.07. The van der Waals surface area contributed by atoms with Gasteiger partial charge >= 0.3 is 5.97 Å². The Morgan fingerprint density at radius 2 is 1.93 bits per heavy atom. The number of aromatic nitrogens is 2. The van der Waals surface area contributed by atoms with Crippen LogP contribution in [-0.4, -0.2) is 21.0 Å². The van der Waals surface area contributed by atoms with E-state index < -0.39 is 5.97 Å². The van der Waals surface area contributed by atoms with Gasteiger partial charge in [0.1, 0.15) is 0 Å². The van der Waals surface area contributed by atoms with Crippen molar-refractivity contribution in [2.75, 3.05) is 0 Å². The van der Waals surface area contributed by atoms with Gasteiger partial charge in [0.05, 0.1) is 0 Å². The normalized spacial score (nSPS) is 10.4. The van der Waals surface area contributed by atoms with Crippen LogP contribution < -0.4 is 0 Å². The first-order valence-corrected chi connectivity index (χ1v) is 4.14. The fourth-order valence-electron chi connectivity index (χ4n) is 1.45. The molecule has 0 atom stereocenters. The van der Waals surface area contributed by atoms with E-state index in [1.54, 1.807) is 25.3 Å². The zero-order chi connectivity index (χ0) is 10.1. The predicted molar refractivity (Wildman–Crippen MR) is 51.2 cm³/mol. The molecule has 2 heterocycles. The molecule has 0 unspecified atom stereocenters. The molecule has 0 aromatic carbocycles. The minimum Gasteiger partial charge on any atom is -0.476 e. The third kappa shape index (κ3) is 1.21. The number of nitrogens with zero attached hydrogens (tertiary/aromatic N) is 2. The lowest BCUT2D eigenvalue weighted by molar-refractivity contribution is 0.0693. The number of aryl methyl sites for hydroxylation is 1. The maximum absolute atomic E-state index is 10.9. The van der Waals surface area contributed by atoms with E-state index in [1.165, 1.54) is 6.20 Å². The lowest BCUT2D eigenvalue weighted by atomic mass is 10.1. The van der Waals surface area contributed by atoms with E-state index in [0.717, 1.165) is 5.39 Å². The monoisotopic (exact) mass is 188 g/mol. The molecule has 0 saturated heterocycles. The fraction of sp³-hybridized carbons (Fsp3) is 0.100. The SMILES string of the molecule is Cc1nccc2ccnc(C(=O)O)c12. The van der Waals surface area contributed by atoms with Crippen molar-refractivity contribution in [1.82, 2.24) is 9.97 Å². The molecule has 0 aliphatic rings. The van der Waals surface area contributed by atoms with Crippen LogP contribution in [0.25, 0.3) is 10.8 Å². The van der Waals surface area contributed by atoms with Gasteiger partial charge in [-0.05, 0) is 24.4 Å². The molecule has 14 heavy (non-hydrogen) atoms. The summed E-state index contributed by atoms with van der Waals surface area (Å²) in [6.45, 7) is 1.77. The zero-order valence-corrected chi connectivity index (χ0v) is 7.56. The van der Waals surface area contributed by atoms with Gasteiger partial charge in [0, 0.05) is 23.5 Å². The van der Waals surface area contributed by atoms with Gasteiger partial charge in [-0.1, -0.05) is 0 Å². The maximum Gasteiger partial charge on any atom is 0.355 e. The molecule has 2 rings (SSSR count). The molecule has 1 N–H and O–H groups in total. The molecule has 0 spiro atoms. The summed E-state index contributed by atoms with van der Waals surface area (Å²) in [4.78, 5) is 18.8. The standard InChI is InChI=1S/C10H8N2O2/c1-6-8-7(2-4-11-6)3-5-12-9(8)10(13)14/h2-5H,1H3,(H,13,14). The van der Waals surface area contributed by atoms with Crippen molar-refractivity contribution in [1.29, 1.82) is 0 Å². The number of carboxylic acid groups (broad SMARTS) is 1. The number of hydrogen-bond donors (Lipinski definition) is 1. The second-order valence-corrected chi connectivity index (χ2v) is 2.96. The summed E-state index contributed by atoms with van der Waals surface area (Å²) in [6.07, 6.45) is 3.15. The summed E-state index contributed by atoms with van der Waals surface area (Å²) in [7, 11) is 0. The van der Waals surface area contributed by atoms with Crippen LogP contribution in [0.3, 0.4) is 0 Å². The number of hydrogen-bond acceptors (Lipinski definition) is 3. The summed E-state index contributed by atoms with van der Waals surface area (Å²) < 4.78 is 0. The molecule has 0 fully saturated rings. The highest BCUT2D eigenvalue weighted by molar-refractivity contribution is 6.02. The zero-order valence-electron chi connectivity index (χ0n) is 7.56. The van der Waals surface area contributed by atoms with E-state index in [4.69, 9.17) is 5.11 Å². The van der Waals surface area contributed by atoms with E-state index in [-0.39, 0.29) is 5.69 Å². The molecule has 0 aliphatic heterocycles. The van der Waals surface area contributed by atoms with E-state index >= 15 is 0 Å². The van der Waals surface area contributed by atoms with Crippen LogP contribution >= 0.6 is 0 Å². The Labute approximate surface area is 80.2 Å². The molecular weight excluding hydrogens is 180 g/mol. The van der Waals surface area contributed by atoms with E-state index in [9.17, 15) is 4.79 Å². The molecule has 2 aromatic rings. The molecule has 0 aliphatic carbocycles. The van der Waals surface area contributed by atoms with E-state index in [1.807, 2.05) is 0 Å². The number of carbonyl (C=O) groups is 1. The van der Waals surface area contributed by atoms with Gasteiger partial charge in [0.15, 0.2) is 5.69 Å². The van der Waals surface area contributed by atoms with Gasteiger partial charge in [0.2, 0.25) is 0 Å². The Morgan fingerprint density at radius 3 is 2.57 bits per heavy atom. The van der Waals surface area contributed by atoms with Crippen LogP contribution in [0.2, 0.25) is 0 Å². The van der Waals surface area contributed by atoms with Crippen LogP contribution in [0.1, 0.15) is 16.2 Å². The second kappa shape index (κ2) is 3.06. The second-order valence-electron chi connectivity index (χ2n) is 2.96. The third-order valence-corrected chi connectivity index (χ3v) is 2.07. The topological polar surface area (TPSA) is 63.1 Å². The van der Waals surface area contributed by atoms with Crippen molar-refractivity contribution in [3.8, 4) is 0 Å². The first-order valence-electron chi connectivity index (χ1n) is 4.14. The summed E-state index contributed by atoms with van der Waals surface area (Å²) >= 11 is 0. The molecule has 4 nitrogen and oxygen atoms in total. The van der Waals surface area contributed by atoms with Crippen LogP contribution in [0.5, 0.6) is 0 Å². The lowest BCUT2D eigenvalue weighted by Crippen LogP contribution is -2.02. The van der Waals surface area contributed by atoms with E-state index in [2.05, 4.69) is 9.97 Å². The highest BCUT2D eigenvalue weighted by atomic mass is 16.4. The van der Waals surface area contributed by atoms with Gasteiger partial charge in [-0.2, -0.15) is 0 Å². The quantitative estimate of drug-likeness (QED) is 0.738. The van der Waals surface area contributed by atoms with Crippen molar-refractivity contribution in [2.24, 2.45) is 0 Å². The van der Waals surface area contributed by atoms with Gasteiger partial charge in [0.25, 0.3) is 0 Å². The van der Waals surface area contributed by atoms with Crippen molar-refractivity contribution in [2.45, 2.75) is 6.92 Å². The molecule has 70 valence electrons. The van der Waals surface area contributed by atoms with Crippen molar-refractivity contribution in [3.63, 3.8) is 0 Å². The van der Waals surface area contributed by atoms with Crippen molar-refractivity contribution in [3.05, 3.63) is 35.9 Å². The molecule has 0 saturated carbocycles. The fourth-order valence-corrected chi connectivity index (χ4v) is 1.45. The summed E-state index contributed by atoms with van der Waals surface area (Å²) in [5, 5.41) is 10.4. The van der Waals surface area contributed by atoms with Crippen molar-refractivity contribution < 1.29 is 9.90 Å². The van der Waals surface area contributed by atoms with Gasteiger partial charge in [-0.15, -0.1) is 0 Å². The van der Waals surface area contributed by atoms with Gasteiger partial charge < -0.3 is 5.11 Å². The Bertz CT molecular complexity index is 503. The van der Waals surface area contributed by atoms with Crippen LogP contribution in [-0.2, 0) is 0 Å². The average molecular weight is 188 g/mol. The van der Waals surface area contributed by atoms with Gasteiger partial charge in [-0.25, -0.2) is 9.78 Å². The smallest absolute Gasteiger partial charge is 0.355 e. The van der Waals surface area contributed by atoms with Crippen molar-refractivity contribution >= 4 is 16.7 Å². The molecule has 0 bridgehead atoms.